The van der Waals surface area contributed by atoms with Gasteiger partial charge in [0.2, 0.25) is 5.91 Å². The van der Waals surface area contributed by atoms with E-state index < -0.39 is 39.2 Å². The number of halogens is 4. The van der Waals surface area contributed by atoms with Crippen LogP contribution in [0.15, 0.2) is 40.7 Å². The first-order valence-electron chi connectivity index (χ1n) is 7.94. The Labute approximate surface area is 175 Å². The second-order valence-corrected chi connectivity index (χ2v) is 8.88. The molecule has 152 valence electrons. The van der Waals surface area contributed by atoms with E-state index in [1.54, 1.807) is 18.2 Å². The number of alkyl halides is 3. The lowest BCUT2D eigenvalue weighted by atomic mass is 10.1. The summed E-state index contributed by atoms with van der Waals surface area (Å²) in [5, 5.41) is 12.7. The van der Waals surface area contributed by atoms with Gasteiger partial charge in [-0.25, -0.2) is 4.98 Å². The molecule has 0 aliphatic carbocycles. The van der Waals surface area contributed by atoms with Crippen molar-refractivity contribution in [1.29, 1.82) is 0 Å². The zero-order chi connectivity index (χ0) is 21.3. The summed E-state index contributed by atoms with van der Waals surface area (Å²) < 4.78 is 41.1. The standard InChI is InChI=1S/C17H11ClF3N3O3S2/c1-8(28-16-23-13-6-9(18)2-5-14(13)29-16)15(25)22-12-4-3-10(24(26)27)7-11(12)17(19,20)21/h2-8H,1H3,(H,22,25). The van der Waals surface area contributed by atoms with Gasteiger partial charge < -0.3 is 5.32 Å². The highest BCUT2D eigenvalue weighted by Crippen LogP contribution is 2.38. The van der Waals surface area contributed by atoms with Gasteiger partial charge in [0.15, 0.2) is 4.34 Å². The number of non-ortho nitro benzene ring substituents is 1. The second-order valence-electron chi connectivity index (χ2n) is 5.83. The van der Waals surface area contributed by atoms with Crippen LogP contribution in [0.4, 0.5) is 24.5 Å². The molecule has 0 aliphatic rings. The van der Waals surface area contributed by atoms with Crippen LogP contribution in [-0.2, 0) is 11.0 Å². The number of aromatic nitrogens is 1. The normalized spacial score (nSPS) is 12.7. The number of rotatable bonds is 5. The van der Waals surface area contributed by atoms with Gasteiger partial charge in [0.1, 0.15) is 0 Å². The molecule has 0 saturated heterocycles. The molecule has 0 bridgehead atoms. The summed E-state index contributed by atoms with van der Waals surface area (Å²) in [5.41, 5.74) is -1.89. The van der Waals surface area contributed by atoms with Crippen LogP contribution in [-0.4, -0.2) is 21.1 Å². The molecule has 0 fully saturated rings. The summed E-state index contributed by atoms with van der Waals surface area (Å²) in [7, 11) is 0. The molecule has 1 aromatic heterocycles. The molecule has 1 unspecified atom stereocenters. The zero-order valence-electron chi connectivity index (χ0n) is 14.5. The van der Waals surface area contributed by atoms with E-state index in [4.69, 9.17) is 11.6 Å². The first-order chi connectivity index (χ1) is 13.5. The smallest absolute Gasteiger partial charge is 0.325 e. The predicted molar refractivity (Wildman–Crippen MR) is 107 cm³/mol. The van der Waals surface area contributed by atoms with E-state index in [0.717, 1.165) is 28.6 Å². The fourth-order valence-electron chi connectivity index (χ4n) is 2.36. The van der Waals surface area contributed by atoms with Crippen molar-refractivity contribution in [2.45, 2.75) is 22.7 Å². The van der Waals surface area contributed by atoms with Gasteiger partial charge in [0, 0.05) is 17.2 Å². The number of nitrogens with one attached hydrogen (secondary N) is 1. The molecule has 0 spiro atoms. The molecular formula is C17H11ClF3N3O3S2. The van der Waals surface area contributed by atoms with Crippen molar-refractivity contribution in [2.24, 2.45) is 0 Å². The minimum atomic E-state index is -4.86. The number of thiazole rings is 1. The Morgan fingerprint density at radius 1 is 1.31 bits per heavy atom. The number of hydrogen-bond acceptors (Lipinski definition) is 6. The molecule has 2 aromatic carbocycles. The van der Waals surface area contributed by atoms with Gasteiger partial charge in [0.05, 0.1) is 31.6 Å². The fraction of sp³-hybridized carbons (Fsp3) is 0.176. The van der Waals surface area contributed by atoms with Crippen molar-refractivity contribution >= 4 is 62.2 Å². The van der Waals surface area contributed by atoms with Crippen LogP contribution in [0.1, 0.15) is 12.5 Å². The topological polar surface area (TPSA) is 85.1 Å². The maximum atomic E-state index is 13.2. The largest absolute Gasteiger partial charge is 0.418 e. The average molecular weight is 462 g/mol. The molecule has 3 aromatic rings. The Bertz CT molecular complexity index is 1100. The van der Waals surface area contributed by atoms with Crippen molar-refractivity contribution in [3.05, 3.63) is 57.1 Å². The Morgan fingerprint density at radius 2 is 2.03 bits per heavy atom. The molecule has 6 nitrogen and oxygen atoms in total. The first kappa shape index (κ1) is 21.3. The monoisotopic (exact) mass is 461 g/mol. The minimum absolute atomic E-state index is 0.394. The van der Waals surface area contributed by atoms with Crippen molar-refractivity contribution in [2.75, 3.05) is 5.32 Å². The van der Waals surface area contributed by atoms with Gasteiger partial charge in [-0.3, -0.25) is 14.9 Å². The fourth-order valence-corrected chi connectivity index (χ4v) is 4.72. The lowest BCUT2D eigenvalue weighted by Gasteiger charge is -2.15. The van der Waals surface area contributed by atoms with Crippen molar-refractivity contribution in [1.82, 2.24) is 4.98 Å². The number of nitrogens with zero attached hydrogens (tertiary/aromatic N) is 2. The number of benzene rings is 2. The van der Waals surface area contributed by atoms with Gasteiger partial charge in [-0.05, 0) is 31.2 Å². The van der Waals surface area contributed by atoms with Gasteiger partial charge in [-0.1, -0.05) is 23.4 Å². The Hall–Kier alpha value is -2.37. The summed E-state index contributed by atoms with van der Waals surface area (Å²) in [5.74, 6) is -0.688. The van der Waals surface area contributed by atoms with E-state index in [1.807, 2.05) is 0 Å². The zero-order valence-corrected chi connectivity index (χ0v) is 16.9. The Morgan fingerprint density at radius 3 is 2.69 bits per heavy atom. The van der Waals surface area contributed by atoms with E-state index >= 15 is 0 Å². The maximum absolute atomic E-state index is 13.2. The van der Waals surface area contributed by atoms with Crippen LogP contribution >= 0.6 is 34.7 Å². The van der Waals surface area contributed by atoms with Crippen LogP contribution in [0.25, 0.3) is 10.2 Å². The van der Waals surface area contributed by atoms with Gasteiger partial charge >= 0.3 is 6.18 Å². The van der Waals surface area contributed by atoms with Crippen LogP contribution in [0.3, 0.4) is 0 Å². The molecule has 0 aliphatic heterocycles. The molecule has 0 saturated carbocycles. The van der Waals surface area contributed by atoms with Crippen LogP contribution in [0.5, 0.6) is 0 Å². The highest BCUT2D eigenvalue weighted by molar-refractivity contribution is 8.02. The summed E-state index contributed by atoms with van der Waals surface area (Å²) in [6, 6.07) is 7.34. The number of anilines is 1. The summed E-state index contributed by atoms with van der Waals surface area (Å²) in [6.45, 7) is 1.53. The van der Waals surface area contributed by atoms with Crippen molar-refractivity contribution in [3.8, 4) is 0 Å². The van der Waals surface area contributed by atoms with Crippen LogP contribution < -0.4 is 5.32 Å². The number of fused-ring (bicyclic) bond motifs is 1. The third-order valence-corrected chi connectivity index (χ3v) is 6.22. The molecule has 1 heterocycles. The molecule has 12 heteroatoms. The number of thioether (sulfide) groups is 1. The highest BCUT2D eigenvalue weighted by Gasteiger charge is 2.36. The third kappa shape index (κ3) is 4.98. The van der Waals surface area contributed by atoms with Crippen LogP contribution in [0, 0.1) is 10.1 Å². The molecule has 1 atom stereocenters. The summed E-state index contributed by atoms with van der Waals surface area (Å²) >= 11 is 8.33. The van der Waals surface area contributed by atoms with Gasteiger partial charge in [0.25, 0.3) is 5.69 Å². The third-order valence-electron chi connectivity index (χ3n) is 3.75. The molecule has 0 radical (unpaired) electrons. The Balaban J connectivity index is 1.79. The second kappa shape index (κ2) is 8.17. The van der Waals surface area contributed by atoms with Gasteiger partial charge in [-0.2, -0.15) is 13.2 Å². The number of nitro groups is 1. The predicted octanol–water partition coefficient (Wildman–Crippen LogP) is 6.00. The van der Waals surface area contributed by atoms with E-state index in [9.17, 15) is 28.1 Å². The lowest BCUT2D eigenvalue weighted by Crippen LogP contribution is -2.24. The van der Waals surface area contributed by atoms with Crippen molar-refractivity contribution in [3.63, 3.8) is 0 Å². The number of carbonyl (C=O) groups is 1. The number of nitro benzene ring substituents is 1. The first-order valence-corrected chi connectivity index (χ1v) is 10.0. The number of hydrogen-bond donors (Lipinski definition) is 1. The maximum Gasteiger partial charge on any atom is 0.418 e. The SMILES string of the molecule is CC(Sc1nc2cc(Cl)ccc2s1)C(=O)Nc1ccc([N+](=O)[O-])cc1C(F)(F)F. The van der Waals surface area contributed by atoms with E-state index in [1.165, 1.54) is 18.3 Å². The lowest BCUT2D eigenvalue weighted by molar-refractivity contribution is -0.385. The molecule has 1 N–H and O–H groups in total. The molecule has 3 rings (SSSR count). The molecule has 29 heavy (non-hydrogen) atoms. The Kier molecular flexibility index (Phi) is 6.01. The highest BCUT2D eigenvalue weighted by atomic mass is 35.5. The van der Waals surface area contributed by atoms with E-state index in [2.05, 4.69) is 10.3 Å². The van der Waals surface area contributed by atoms with E-state index in [0.29, 0.717) is 20.9 Å². The molecular weight excluding hydrogens is 451 g/mol. The quantitative estimate of drug-likeness (QED) is 0.286. The minimum Gasteiger partial charge on any atom is -0.325 e. The van der Waals surface area contributed by atoms with E-state index in [-0.39, 0.29) is 0 Å². The summed E-state index contributed by atoms with van der Waals surface area (Å²) in [4.78, 5) is 26.6. The molecule has 1 amide bonds. The number of carbonyl (C=O) groups excluding carboxylic acids is 1. The number of amides is 1. The van der Waals surface area contributed by atoms with Crippen molar-refractivity contribution < 1.29 is 22.9 Å². The average Bonchev–Trinajstić information content (AvgIpc) is 3.02. The van der Waals surface area contributed by atoms with Crippen LogP contribution in [0.2, 0.25) is 5.02 Å². The summed E-state index contributed by atoms with van der Waals surface area (Å²) in [6.07, 6.45) is -4.86. The van der Waals surface area contributed by atoms with Gasteiger partial charge in [-0.15, -0.1) is 11.3 Å².